The molecule has 0 saturated heterocycles. The molecule has 0 atom stereocenters. The fourth-order valence-electron chi connectivity index (χ4n) is 1.28. The minimum Gasteiger partial charge on any atom is -0.300 e. The van der Waals surface area contributed by atoms with E-state index in [0.717, 1.165) is 12.1 Å². The number of hydrogen-bond donors (Lipinski definition) is 0. The van der Waals surface area contributed by atoms with Crippen molar-refractivity contribution in [1.29, 1.82) is 0 Å². The lowest BCUT2D eigenvalue weighted by Crippen LogP contribution is -2.33. The third kappa shape index (κ3) is 3.01. The Kier molecular flexibility index (Phi) is 3.54. The van der Waals surface area contributed by atoms with Gasteiger partial charge in [-0.25, -0.2) is 0 Å². The van der Waals surface area contributed by atoms with Crippen molar-refractivity contribution < 1.29 is 26.7 Å². The van der Waals surface area contributed by atoms with Gasteiger partial charge in [-0.05, 0) is 12.5 Å². The van der Waals surface area contributed by atoms with Gasteiger partial charge >= 0.3 is 12.1 Å². The number of carbonyl (C=O) groups is 1. The van der Waals surface area contributed by atoms with E-state index in [9.17, 15) is 26.7 Å². The number of rotatable bonds is 3. The first-order chi connectivity index (χ1) is 7.64. The van der Waals surface area contributed by atoms with Crippen molar-refractivity contribution in [1.82, 2.24) is 0 Å². The molecule has 1 rings (SSSR count). The van der Waals surface area contributed by atoms with Gasteiger partial charge in [0.1, 0.15) is 5.78 Å². The zero-order valence-corrected chi connectivity index (χ0v) is 8.81. The highest BCUT2D eigenvalue weighted by atomic mass is 19.4. The molecule has 0 radical (unpaired) electrons. The number of alkyl halides is 5. The summed E-state index contributed by atoms with van der Waals surface area (Å²) in [6.45, 7) is 1.30. The van der Waals surface area contributed by atoms with Gasteiger partial charge in [-0.3, -0.25) is 4.79 Å². The largest absolute Gasteiger partial charge is 0.458 e. The van der Waals surface area contributed by atoms with Crippen LogP contribution in [0, 0.1) is 0 Å². The lowest BCUT2D eigenvalue weighted by atomic mass is 10.0. The molecule has 0 aliphatic heterocycles. The van der Waals surface area contributed by atoms with E-state index in [4.69, 9.17) is 0 Å². The van der Waals surface area contributed by atoms with E-state index in [1.807, 2.05) is 0 Å². The molecule has 0 bridgehead atoms. The summed E-state index contributed by atoms with van der Waals surface area (Å²) in [5.41, 5.74) is -0.725. The summed E-state index contributed by atoms with van der Waals surface area (Å²) in [5.74, 6) is -5.07. The van der Waals surface area contributed by atoms with Gasteiger partial charge in [-0.15, -0.1) is 0 Å². The standard InChI is InChI=1S/C11H9F5O/c1-7(17)6-8-2-4-9(5-3-8)10(12,13)11(14,15)16/h2-5H,6H2,1H3. The van der Waals surface area contributed by atoms with Crippen molar-refractivity contribution in [3.8, 4) is 0 Å². The lowest BCUT2D eigenvalue weighted by molar-refractivity contribution is -0.289. The molecule has 0 heterocycles. The SMILES string of the molecule is CC(=O)Cc1ccc(C(F)(F)C(F)(F)F)cc1. The van der Waals surface area contributed by atoms with Gasteiger partial charge in [0.05, 0.1) is 0 Å². The van der Waals surface area contributed by atoms with E-state index in [0.29, 0.717) is 17.7 Å². The monoisotopic (exact) mass is 252 g/mol. The Bertz CT molecular complexity index is 405. The van der Waals surface area contributed by atoms with Crippen LogP contribution < -0.4 is 0 Å². The Hall–Kier alpha value is -1.46. The predicted octanol–water partition coefficient (Wildman–Crippen LogP) is 3.47. The molecule has 1 aromatic rings. The summed E-state index contributed by atoms with van der Waals surface area (Å²) in [7, 11) is 0. The van der Waals surface area contributed by atoms with Crippen LogP contribution in [-0.2, 0) is 17.1 Å². The van der Waals surface area contributed by atoms with E-state index >= 15 is 0 Å². The average Bonchev–Trinajstić information content (AvgIpc) is 2.15. The molecule has 17 heavy (non-hydrogen) atoms. The first kappa shape index (κ1) is 13.6. The maximum Gasteiger partial charge on any atom is 0.458 e. The van der Waals surface area contributed by atoms with Crippen LogP contribution in [0.5, 0.6) is 0 Å². The smallest absolute Gasteiger partial charge is 0.300 e. The number of halogens is 5. The van der Waals surface area contributed by atoms with E-state index in [-0.39, 0.29) is 12.2 Å². The van der Waals surface area contributed by atoms with Gasteiger partial charge in [-0.1, -0.05) is 24.3 Å². The quantitative estimate of drug-likeness (QED) is 0.753. The molecule has 0 spiro atoms. The summed E-state index contributed by atoms with van der Waals surface area (Å²) < 4.78 is 61.8. The minimum absolute atomic E-state index is 0.0118. The Morgan fingerprint density at radius 3 is 1.88 bits per heavy atom. The highest BCUT2D eigenvalue weighted by Gasteiger charge is 2.58. The van der Waals surface area contributed by atoms with Crippen LogP contribution in [0.15, 0.2) is 24.3 Å². The van der Waals surface area contributed by atoms with E-state index in [1.165, 1.54) is 6.92 Å². The predicted molar refractivity (Wildman–Crippen MR) is 50.8 cm³/mol. The van der Waals surface area contributed by atoms with Gasteiger partial charge in [0.2, 0.25) is 0 Å². The highest BCUT2D eigenvalue weighted by molar-refractivity contribution is 5.78. The molecule has 0 N–H and O–H groups in total. The minimum atomic E-state index is -5.62. The molecular formula is C11H9F5O. The van der Waals surface area contributed by atoms with Gasteiger partial charge in [-0.2, -0.15) is 22.0 Å². The van der Waals surface area contributed by atoms with E-state index in [2.05, 4.69) is 0 Å². The van der Waals surface area contributed by atoms with Crippen molar-refractivity contribution in [3.63, 3.8) is 0 Å². The second kappa shape index (κ2) is 4.43. The Morgan fingerprint density at radius 2 is 1.53 bits per heavy atom. The molecule has 0 fully saturated rings. The third-order valence-corrected chi connectivity index (χ3v) is 2.13. The number of Topliss-reactive ketones (excluding diaryl/α,β-unsaturated/α-hetero) is 1. The number of carbonyl (C=O) groups excluding carboxylic acids is 1. The molecule has 6 heteroatoms. The van der Waals surface area contributed by atoms with Crippen LogP contribution in [0.25, 0.3) is 0 Å². The third-order valence-electron chi connectivity index (χ3n) is 2.13. The fourth-order valence-corrected chi connectivity index (χ4v) is 1.28. The Labute approximate surface area is 94.2 Å². The normalized spacial score (nSPS) is 12.6. The molecule has 94 valence electrons. The average molecular weight is 252 g/mol. The molecule has 0 aliphatic carbocycles. The van der Waals surface area contributed by atoms with Crippen molar-refractivity contribution in [3.05, 3.63) is 35.4 Å². The zero-order valence-electron chi connectivity index (χ0n) is 8.81. The van der Waals surface area contributed by atoms with E-state index in [1.54, 1.807) is 0 Å². The van der Waals surface area contributed by atoms with Crippen LogP contribution in [-0.4, -0.2) is 12.0 Å². The lowest BCUT2D eigenvalue weighted by Gasteiger charge is -2.19. The molecule has 0 saturated carbocycles. The maximum atomic E-state index is 12.9. The van der Waals surface area contributed by atoms with Gasteiger partial charge in [0.25, 0.3) is 0 Å². The maximum absolute atomic E-state index is 12.9. The van der Waals surface area contributed by atoms with Crippen LogP contribution in [0.2, 0.25) is 0 Å². The summed E-state index contributed by atoms with van der Waals surface area (Å²) >= 11 is 0. The first-order valence-corrected chi connectivity index (χ1v) is 4.68. The van der Waals surface area contributed by atoms with Crippen molar-refractivity contribution >= 4 is 5.78 Å². The van der Waals surface area contributed by atoms with Crippen molar-refractivity contribution in [2.75, 3.05) is 0 Å². The number of hydrogen-bond acceptors (Lipinski definition) is 1. The fraction of sp³-hybridized carbons (Fsp3) is 0.364. The highest BCUT2D eigenvalue weighted by Crippen LogP contribution is 2.43. The number of ketones is 1. The summed E-state index contributed by atoms with van der Waals surface area (Å²) in [4.78, 5) is 10.7. The van der Waals surface area contributed by atoms with E-state index < -0.39 is 17.7 Å². The molecule has 0 aliphatic rings. The zero-order chi connectivity index (χ0) is 13.3. The van der Waals surface area contributed by atoms with Crippen molar-refractivity contribution in [2.24, 2.45) is 0 Å². The summed E-state index contributed by atoms with van der Waals surface area (Å²) in [6, 6.07) is 3.56. The van der Waals surface area contributed by atoms with Crippen LogP contribution in [0.1, 0.15) is 18.1 Å². The topological polar surface area (TPSA) is 17.1 Å². The summed E-state index contributed by atoms with van der Waals surface area (Å²) in [5, 5.41) is 0. The Balaban J connectivity index is 2.99. The van der Waals surface area contributed by atoms with Crippen LogP contribution >= 0.6 is 0 Å². The molecule has 1 aromatic carbocycles. The van der Waals surface area contributed by atoms with Crippen molar-refractivity contribution in [2.45, 2.75) is 25.4 Å². The molecule has 1 nitrogen and oxygen atoms in total. The van der Waals surface area contributed by atoms with Gasteiger partial charge in [0, 0.05) is 12.0 Å². The van der Waals surface area contributed by atoms with Gasteiger partial charge < -0.3 is 0 Å². The molecule has 0 unspecified atom stereocenters. The molecule has 0 amide bonds. The first-order valence-electron chi connectivity index (χ1n) is 4.68. The van der Waals surface area contributed by atoms with Crippen LogP contribution in [0.3, 0.4) is 0 Å². The second-order valence-electron chi connectivity index (χ2n) is 3.65. The van der Waals surface area contributed by atoms with Gasteiger partial charge in [0.15, 0.2) is 0 Å². The second-order valence-corrected chi connectivity index (χ2v) is 3.65. The van der Waals surface area contributed by atoms with Crippen LogP contribution in [0.4, 0.5) is 22.0 Å². The number of benzene rings is 1. The Morgan fingerprint density at radius 1 is 1.06 bits per heavy atom. The molecular weight excluding hydrogens is 243 g/mol. The molecule has 0 aromatic heterocycles. The summed E-state index contributed by atoms with van der Waals surface area (Å²) in [6.07, 6.45) is -5.60.